The Kier molecular flexibility index (Phi) is 3.76. The predicted octanol–water partition coefficient (Wildman–Crippen LogP) is 2.37. The summed E-state index contributed by atoms with van der Waals surface area (Å²) >= 11 is 0. The van der Waals surface area contributed by atoms with Crippen molar-refractivity contribution in [3.05, 3.63) is 35.9 Å². The van der Waals surface area contributed by atoms with Gasteiger partial charge in [-0.25, -0.2) is 21.5 Å². The van der Waals surface area contributed by atoms with Crippen molar-refractivity contribution >= 4 is 15.8 Å². The third-order valence-corrected chi connectivity index (χ3v) is 6.16. The van der Waals surface area contributed by atoms with Crippen molar-refractivity contribution in [2.24, 2.45) is 0 Å². The maximum Gasteiger partial charge on any atom is 0.322 e. The van der Waals surface area contributed by atoms with Crippen LogP contribution in [0.1, 0.15) is 18.4 Å². The maximum atomic E-state index is 13.0. The predicted molar refractivity (Wildman–Crippen MR) is 87.0 cm³/mol. The fourth-order valence-electron chi connectivity index (χ4n) is 2.96. The summed E-state index contributed by atoms with van der Waals surface area (Å²) in [7, 11) is -2.41. The number of hydrogen-bond acceptors (Lipinski definition) is 6. The molecule has 10 heteroatoms. The second kappa shape index (κ2) is 5.76. The molecule has 0 saturated heterocycles. The van der Waals surface area contributed by atoms with Crippen molar-refractivity contribution in [2.45, 2.75) is 36.3 Å². The van der Waals surface area contributed by atoms with Crippen LogP contribution in [0.15, 0.2) is 35.2 Å². The van der Waals surface area contributed by atoms with E-state index in [0.29, 0.717) is 5.56 Å². The van der Waals surface area contributed by atoms with E-state index in [1.54, 1.807) is 18.2 Å². The molecule has 1 aromatic carbocycles. The number of fused-ring (bicyclic) bond motifs is 1. The van der Waals surface area contributed by atoms with Crippen molar-refractivity contribution in [1.82, 2.24) is 9.97 Å². The van der Waals surface area contributed by atoms with Crippen LogP contribution < -0.4 is 13.8 Å². The Morgan fingerprint density at radius 3 is 2.62 bits per heavy atom. The van der Waals surface area contributed by atoms with Crippen molar-refractivity contribution in [2.75, 3.05) is 11.4 Å². The minimum atomic E-state index is -3.77. The minimum absolute atomic E-state index is 0.0640. The first-order chi connectivity index (χ1) is 12.3. The molecule has 4 rings (SSSR count). The second-order valence-corrected chi connectivity index (χ2v) is 8.01. The molecule has 0 bridgehead atoms. The van der Waals surface area contributed by atoms with Gasteiger partial charge in [0, 0.05) is 18.9 Å². The molecular weight excluding hydrogens is 368 g/mol. The summed E-state index contributed by atoms with van der Waals surface area (Å²) in [5.74, 6) is -2.59. The van der Waals surface area contributed by atoms with Crippen LogP contribution in [0.3, 0.4) is 0 Å². The lowest BCUT2D eigenvalue weighted by Gasteiger charge is -2.34. The Bertz CT molecular complexity index is 960. The fourth-order valence-corrected chi connectivity index (χ4v) is 4.57. The Morgan fingerprint density at radius 1 is 1.23 bits per heavy atom. The van der Waals surface area contributed by atoms with Gasteiger partial charge in [0.1, 0.15) is 6.10 Å². The first-order valence-corrected chi connectivity index (χ1v) is 9.31. The summed E-state index contributed by atoms with van der Waals surface area (Å²) in [6.07, 6.45) is -1.55. The monoisotopic (exact) mass is 383 g/mol. The SMILES string of the molecule is COc1cc(N2Cc3ccccc3S2(=O)=O)nc(OC2CC(F)(F)C2)n1. The van der Waals surface area contributed by atoms with Crippen LogP contribution in [0.5, 0.6) is 11.9 Å². The molecule has 0 radical (unpaired) electrons. The standard InChI is InChI=1S/C16H15F2N3O4S/c1-24-14-6-13(19-15(20-14)25-11-7-16(17,18)8-11)21-9-10-4-2-3-5-12(10)26(21,22)23/h2-6,11H,7-9H2,1H3. The summed E-state index contributed by atoms with van der Waals surface area (Å²) < 4.78 is 63.0. The van der Waals surface area contributed by atoms with Gasteiger partial charge < -0.3 is 9.47 Å². The van der Waals surface area contributed by atoms with Crippen LogP contribution >= 0.6 is 0 Å². The van der Waals surface area contributed by atoms with Crippen molar-refractivity contribution in [3.63, 3.8) is 0 Å². The van der Waals surface area contributed by atoms with Gasteiger partial charge in [-0.15, -0.1) is 0 Å². The zero-order valence-electron chi connectivity index (χ0n) is 13.7. The highest BCUT2D eigenvalue weighted by Crippen LogP contribution is 2.40. The Labute approximate surface area is 148 Å². The van der Waals surface area contributed by atoms with Gasteiger partial charge in [-0.2, -0.15) is 9.97 Å². The van der Waals surface area contributed by atoms with E-state index in [1.807, 2.05) is 0 Å². The van der Waals surface area contributed by atoms with Gasteiger partial charge in [-0.3, -0.25) is 0 Å². The molecule has 7 nitrogen and oxygen atoms in total. The molecular formula is C16H15F2N3O4S. The van der Waals surface area contributed by atoms with E-state index < -0.39 is 34.9 Å². The van der Waals surface area contributed by atoms with E-state index in [4.69, 9.17) is 9.47 Å². The van der Waals surface area contributed by atoms with Crippen LogP contribution in [-0.2, 0) is 16.6 Å². The smallest absolute Gasteiger partial charge is 0.322 e. The molecule has 0 atom stereocenters. The number of ether oxygens (including phenoxy) is 2. The van der Waals surface area contributed by atoms with Crippen LogP contribution in [-0.4, -0.2) is 37.5 Å². The van der Waals surface area contributed by atoms with Gasteiger partial charge >= 0.3 is 6.01 Å². The lowest BCUT2D eigenvalue weighted by Crippen LogP contribution is -2.43. The molecule has 0 spiro atoms. The Hall–Kier alpha value is -2.49. The molecule has 1 aliphatic heterocycles. The van der Waals surface area contributed by atoms with Gasteiger partial charge in [-0.05, 0) is 11.6 Å². The summed E-state index contributed by atoms with van der Waals surface area (Å²) in [5, 5.41) is 0. The number of sulfonamides is 1. The minimum Gasteiger partial charge on any atom is -0.481 e. The van der Waals surface area contributed by atoms with E-state index >= 15 is 0 Å². The number of aromatic nitrogens is 2. The fraction of sp³-hybridized carbons (Fsp3) is 0.375. The van der Waals surface area contributed by atoms with Crippen LogP contribution in [0.4, 0.5) is 14.6 Å². The molecule has 2 heterocycles. The summed E-state index contributed by atoms with van der Waals surface area (Å²) in [6, 6.07) is 7.82. The van der Waals surface area contributed by atoms with Crippen LogP contribution in [0, 0.1) is 0 Å². The van der Waals surface area contributed by atoms with Crippen LogP contribution in [0.25, 0.3) is 0 Å². The van der Waals surface area contributed by atoms with E-state index in [1.165, 1.54) is 19.2 Å². The highest BCUT2D eigenvalue weighted by Gasteiger charge is 2.47. The molecule has 1 aliphatic carbocycles. The molecule has 26 heavy (non-hydrogen) atoms. The zero-order valence-corrected chi connectivity index (χ0v) is 14.5. The number of hydrogen-bond donors (Lipinski definition) is 0. The number of alkyl halides is 2. The zero-order chi connectivity index (χ0) is 18.5. The Morgan fingerprint density at radius 2 is 1.96 bits per heavy atom. The molecule has 2 aromatic rings. The number of benzene rings is 1. The van der Waals surface area contributed by atoms with Gasteiger partial charge in [0.25, 0.3) is 15.9 Å². The third kappa shape index (κ3) is 2.83. The van der Waals surface area contributed by atoms with E-state index in [2.05, 4.69) is 9.97 Å². The topological polar surface area (TPSA) is 81.6 Å². The largest absolute Gasteiger partial charge is 0.481 e. The molecule has 0 unspecified atom stereocenters. The van der Waals surface area contributed by atoms with E-state index in [-0.39, 0.29) is 29.1 Å². The van der Waals surface area contributed by atoms with Crippen LogP contribution in [0.2, 0.25) is 0 Å². The lowest BCUT2D eigenvalue weighted by atomic mass is 9.91. The van der Waals surface area contributed by atoms with E-state index in [9.17, 15) is 17.2 Å². The average molecular weight is 383 g/mol. The first-order valence-electron chi connectivity index (χ1n) is 7.87. The number of anilines is 1. The number of halogens is 2. The normalized spacial score (nSPS) is 20.3. The first kappa shape index (κ1) is 17.0. The molecule has 0 N–H and O–H groups in total. The second-order valence-electron chi connectivity index (χ2n) is 6.17. The van der Waals surface area contributed by atoms with Gasteiger partial charge in [0.15, 0.2) is 5.82 Å². The lowest BCUT2D eigenvalue weighted by molar-refractivity contribution is -0.136. The van der Waals surface area contributed by atoms with Gasteiger partial charge in [-0.1, -0.05) is 18.2 Å². The maximum absolute atomic E-state index is 13.0. The highest BCUT2D eigenvalue weighted by molar-refractivity contribution is 7.93. The molecule has 138 valence electrons. The van der Waals surface area contributed by atoms with E-state index in [0.717, 1.165) is 4.31 Å². The van der Waals surface area contributed by atoms with Crippen molar-refractivity contribution in [1.29, 1.82) is 0 Å². The number of methoxy groups -OCH3 is 1. The summed E-state index contributed by atoms with van der Waals surface area (Å²) in [4.78, 5) is 8.28. The average Bonchev–Trinajstić information content (AvgIpc) is 2.84. The number of rotatable bonds is 4. The summed E-state index contributed by atoms with van der Waals surface area (Å²) in [5.41, 5.74) is 0.645. The van der Waals surface area contributed by atoms with Gasteiger partial charge in [0.05, 0.1) is 18.6 Å². The molecule has 0 amide bonds. The van der Waals surface area contributed by atoms with Crippen molar-refractivity contribution < 1.29 is 26.7 Å². The van der Waals surface area contributed by atoms with Crippen molar-refractivity contribution in [3.8, 4) is 11.9 Å². The number of nitrogens with zero attached hydrogens (tertiary/aromatic N) is 3. The summed E-state index contributed by atoms with van der Waals surface area (Å²) in [6.45, 7) is 0.111. The molecule has 1 aromatic heterocycles. The molecule has 2 aliphatic rings. The molecule has 1 fully saturated rings. The Balaban J connectivity index is 1.66. The quantitative estimate of drug-likeness (QED) is 0.806. The third-order valence-electron chi connectivity index (χ3n) is 4.31. The molecule has 1 saturated carbocycles. The highest BCUT2D eigenvalue weighted by atomic mass is 32.2. The van der Waals surface area contributed by atoms with Gasteiger partial charge in [0.2, 0.25) is 5.88 Å².